The summed E-state index contributed by atoms with van der Waals surface area (Å²) < 4.78 is 7.49. The third-order valence-electron chi connectivity index (χ3n) is 4.25. The SMILES string of the molecule is Cc1cccc(C)c1NC(=O)CSc1nnc(COc2ccc(Cl)cc2Cl)n1C. The zero-order valence-electron chi connectivity index (χ0n) is 16.2. The second-order valence-corrected chi connectivity index (χ2v) is 8.21. The molecule has 0 aliphatic heterocycles. The third-order valence-corrected chi connectivity index (χ3v) is 5.80. The van der Waals surface area contributed by atoms with Crippen LogP contribution >= 0.6 is 35.0 Å². The van der Waals surface area contributed by atoms with E-state index in [-0.39, 0.29) is 18.3 Å². The number of hydrogen-bond acceptors (Lipinski definition) is 5. The molecule has 0 aliphatic carbocycles. The van der Waals surface area contributed by atoms with Crippen molar-refractivity contribution in [3.63, 3.8) is 0 Å². The summed E-state index contributed by atoms with van der Waals surface area (Å²) in [5.74, 6) is 1.26. The number of para-hydroxylation sites is 1. The van der Waals surface area contributed by atoms with Crippen LogP contribution in [0.5, 0.6) is 5.75 Å². The molecule has 0 aliphatic rings. The van der Waals surface area contributed by atoms with E-state index in [1.165, 1.54) is 11.8 Å². The fraction of sp³-hybridized carbons (Fsp3) is 0.250. The highest BCUT2D eigenvalue weighted by Gasteiger charge is 2.14. The van der Waals surface area contributed by atoms with Gasteiger partial charge in [0.05, 0.1) is 10.8 Å². The number of hydrogen-bond donors (Lipinski definition) is 1. The van der Waals surface area contributed by atoms with Gasteiger partial charge in [-0.15, -0.1) is 10.2 Å². The highest BCUT2D eigenvalue weighted by molar-refractivity contribution is 7.99. The van der Waals surface area contributed by atoms with E-state index in [0.717, 1.165) is 16.8 Å². The van der Waals surface area contributed by atoms with E-state index in [9.17, 15) is 4.79 Å². The minimum atomic E-state index is -0.0962. The maximum Gasteiger partial charge on any atom is 0.234 e. The van der Waals surface area contributed by atoms with Crippen LogP contribution < -0.4 is 10.1 Å². The lowest BCUT2D eigenvalue weighted by Gasteiger charge is -2.11. The van der Waals surface area contributed by atoms with E-state index in [0.29, 0.717) is 26.8 Å². The molecule has 0 unspecified atom stereocenters. The van der Waals surface area contributed by atoms with Crippen LogP contribution in [0.15, 0.2) is 41.6 Å². The molecule has 1 heterocycles. The van der Waals surface area contributed by atoms with E-state index < -0.39 is 0 Å². The smallest absolute Gasteiger partial charge is 0.234 e. The molecule has 3 rings (SSSR count). The average Bonchev–Trinajstić information content (AvgIpc) is 3.02. The van der Waals surface area contributed by atoms with Gasteiger partial charge in [0.1, 0.15) is 12.4 Å². The number of anilines is 1. The molecule has 3 aromatic rings. The van der Waals surface area contributed by atoms with Crippen LogP contribution in [0.3, 0.4) is 0 Å². The quantitative estimate of drug-likeness (QED) is 0.510. The number of nitrogens with zero attached hydrogens (tertiary/aromatic N) is 3. The number of aryl methyl sites for hydroxylation is 2. The summed E-state index contributed by atoms with van der Waals surface area (Å²) in [6, 6.07) is 10.9. The van der Waals surface area contributed by atoms with Crippen LogP contribution in [0.25, 0.3) is 0 Å². The van der Waals surface area contributed by atoms with Gasteiger partial charge < -0.3 is 14.6 Å². The fourth-order valence-electron chi connectivity index (χ4n) is 2.65. The molecule has 0 radical (unpaired) electrons. The van der Waals surface area contributed by atoms with E-state index in [1.807, 2.05) is 39.1 Å². The van der Waals surface area contributed by atoms with Crippen LogP contribution in [0.2, 0.25) is 10.0 Å². The molecule has 9 heteroatoms. The van der Waals surface area contributed by atoms with Crippen LogP contribution in [0.4, 0.5) is 5.69 Å². The maximum atomic E-state index is 12.3. The molecule has 0 saturated carbocycles. The highest BCUT2D eigenvalue weighted by atomic mass is 35.5. The first-order valence-electron chi connectivity index (χ1n) is 8.80. The average molecular weight is 451 g/mol. The summed E-state index contributed by atoms with van der Waals surface area (Å²) in [6.45, 7) is 4.13. The van der Waals surface area contributed by atoms with Gasteiger partial charge in [0.25, 0.3) is 0 Å². The van der Waals surface area contributed by atoms with Crippen molar-refractivity contribution in [3.8, 4) is 5.75 Å². The number of nitrogens with one attached hydrogen (secondary N) is 1. The molecule has 1 aromatic heterocycles. The number of amides is 1. The number of carbonyl (C=O) groups is 1. The Kier molecular flexibility index (Phi) is 7.05. The van der Waals surface area contributed by atoms with Crippen molar-refractivity contribution in [1.82, 2.24) is 14.8 Å². The summed E-state index contributed by atoms with van der Waals surface area (Å²) in [5.41, 5.74) is 2.91. The second kappa shape index (κ2) is 9.52. The molecule has 2 aromatic carbocycles. The lowest BCUT2D eigenvalue weighted by Crippen LogP contribution is -2.16. The van der Waals surface area contributed by atoms with Crippen molar-refractivity contribution in [2.45, 2.75) is 25.6 Å². The highest BCUT2D eigenvalue weighted by Crippen LogP contribution is 2.28. The first-order valence-corrected chi connectivity index (χ1v) is 10.5. The van der Waals surface area contributed by atoms with Crippen LogP contribution in [0, 0.1) is 13.8 Å². The minimum Gasteiger partial charge on any atom is -0.484 e. The van der Waals surface area contributed by atoms with Gasteiger partial charge in [-0.05, 0) is 43.2 Å². The predicted octanol–water partition coefficient (Wildman–Crippen LogP) is 5.05. The second-order valence-electron chi connectivity index (χ2n) is 6.42. The number of ether oxygens (including phenoxy) is 1. The topological polar surface area (TPSA) is 69.0 Å². The van der Waals surface area contributed by atoms with Gasteiger partial charge in [-0.2, -0.15) is 0 Å². The molecule has 1 amide bonds. The first kappa shape index (κ1) is 21.5. The number of carbonyl (C=O) groups excluding carboxylic acids is 1. The Bertz CT molecular complexity index is 1020. The molecule has 0 spiro atoms. The van der Waals surface area contributed by atoms with Crippen LogP contribution in [-0.4, -0.2) is 26.4 Å². The predicted molar refractivity (Wildman–Crippen MR) is 117 cm³/mol. The lowest BCUT2D eigenvalue weighted by molar-refractivity contribution is -0.113. The Morgan fingerprint density at radius 1 is 1.17 bits per heavy atom. The summed E-state index contributed by atoms with van der Waals surface area (Å²) >= 11 is 13.3. The summed E-state index contributed by atoms with van der Waals surface area (Å²) in [7, 11) is 1.83. The maximum absolute atomic E-state index is 12.3. The standard InChI is InChI=1S/C20H20Cl2N4O2S/c1-12-5-4-6-13(2)19(12)23-18(27)11-29-20-25-24-17(26(20)3)10-28-16-8-7-14(21)9-15(16)22/h4-9H,10-11H2,1-3H3,(H,23,27). The zero-order valence-corrected chi connectivity index (χ0v) is 18.5. The van der Waals surface area contributed by atoms with Crippen molar-refractivity contribution in [1.29, 1.82) is 0 Å². The minimum absolute atomic E-state index is 0.0962. The van der Waals surface area contributed by atoms with Gasteiger partial charge in [0.15, 0.2) is 11.0 Å². The molecule has 152 valence electrons. The van der Waals surface area contributed by atoms with E-state index in [1.54, 1.807) is 22.8 Å². The van der Waals surface area contributed by atoms with Crippen molar-refractivity contribution >= 4 is 46.6 Å². The van der Waals surface area contributed by atoms with Crippen molar-refractivity contribution < 1.29 is 9.53 Å². The number of thioether (sulfide) groups is 1. The van der Waals surface area contributed by atoms with E-state index in [2.05, 4.69) is 15.5 Å². The zero-order chi connectivity index (χ0) is 21.0. The lowest BCUT2D eigenvalue weighted by atomic mass is 10.1. The molecule has 0 atom stereocenters. The molecule has 6 nitrogen and oxygen atoms in total. The summed E-state index contributed by atoms with van der Waals surface area (Å²) in [4.78, 5) is 12.3. The Hall–Kier alpha value is -2.22. The molecule has 0 saturated heterocycles. The number of aromatic nitrogens is 3. The fourth-order valence-corrected chi connectivity index (χ4v) is 3.84. The Morgan fingerprint density at radius 3 is 2.59 bits per heavy atom. The van der Waals surface area contributed by atoms with Crippen LogP contribution in [-0.2, 0) is 18.4 Å². The number of halogens is 2. The van der Waals surface area contributed by atoms with Crippen molar-refractivity contribution in [2.75, 3.05) is 11.1 Å². The largest absolute Gasteiger partial charge is 0.484 e. The Morgan fingerprint density at radius 2 is 1.90 bits per heavy atom. The van der Waals surface area contributed by atoms with Gasteiger partial charge in [-0.3, -0.25) is 4.79 Å². The van der Waals surface area contributed by atoms with Gasteiger partial charge in [0, 0.05) is 17.8 Å². The Balaban J connectivity index is 1.57. The van der Waals surface area contributed by atoms with Crippen LogP contribution in [0.1, 0.15) is 17.0 Å². The molecular weight excluding hydrogens is 431 g/mol. The normalized spacial score (nSPS) is 10.8. The number of rotatable bonds is 7. The monoisotopic (exact) mass is 450 g/mol. The summed E-state index contributed by atoms with van der Waals surface area (Å²) in [6.07, 6.45) is 0. The van der Waals surface area contributed by atoms with E-state index in [4.69, 9.17) is 27.9 Å². The molecule has 0 bridgehead atoms. The summed E-state index contributed by atoms with van der Waals surface area (Å²) in [5, 5.41) is 12.8. The van der Waals surface area contributed by atoms with Crippen molar-refractivity contribution in [3.05, 3.63) is 63.4 Å². The first-order chi connectivity index (χ1) is 13.8. The van der Waals surface area contributed by atoms with Crippen molar-refractivity contribution in [2.24, 2.45) is 7.05 Å². The van der Waals surface area contributed by atoms with Gasteiger partial charge in [0.2, 0.25) is 5.91 Å². The van der Waals surface area contributed by atoms with Gasteiger partial charge in [-0.25, -0.2) is 0 Å². The Labute approximate surface area is 183 Å². The number of benzene rings is 2. The third kappa shape index (κ3) is 5.44. The molecule has 29 heavy (non-hydrogen) atoms. The molecule has 0 fully saturated rings. The van der Waals surface area contributed by atoms with E-state index >= 15 is 0 Å². The molecule has 1 N–H and O–H groups in total. The van der Waals surface area contributed by atoms with Gasteiger partial charge in [-0.1, -0.05) is 53.2 Å². The van der Waals surface area contributed by atoms with Gasteiger partial charge >= 0.3 is 0 Å². The molecular formula is C20H20Cl2N4O2S.